The minimum absolute atomic E-state index is 0.137. The van der Waals surface area contributed by atoms with E-state index in [1.165, 1.54) is 0 Å². The van der Waals surface area contributed by atoms with E-state index in [1.807, 2.05) is 0 Å². The molecule has 0 spiro atoms. The molecule has 1 rings (SSSR count). The van der Waals surface area contributed by atoms with Crippen LogP contribution in [0.1, 0.15) is 6.42 Å². The zero-order valence-corrected chi connectivity index (χ0v) is 8.41. The molecule has 0 radical (unpaired) electrons. The molecule has 0 aliphatic carbocycles. The first-order valence-electron chi connectivity index (χ1n) is 4.71. The Labute approximate surface area is 79.5 Å². The van der Waals surface area contributed by atoms with Crippen LogP contribution in [0.3, 0.4) is 0 Å². The summed E-state index contributed by atoms with van der Waals surface area (Å²) in [5, 5.41) is 3.30. The second-order valence-electron chi connectivity index (χ2n) is 3.29. The molecule has 78 valence electrons. The summed E-state index contributed by atoms with van der Waals surface area (Å²) in [6.45, 7) is 3.52. The van der Waals surface area contributed by atoms with E-state index in [-0.39, 0.29) is 6.29 Å². The van der Waals surface area contributed by atoms with Gasteiger partial charge in [-0.1, -0.05) is 0 Å². The first-order chi connectivity index (χ1) is 6.36. The molecule has 1 unspecified atom stereocenters. The van der Waals surface area contributed by atoms with Gasteiger partial charge in [-0.15, -0.1) is 0 Å². The third-order valence-electron chi connectivity index (χ3n) is 2.29. The summed E-state index contributed by atoms with van der Waals surface area (Å²) in [5.41, 5.74) is 0. The average Bonchev–Trinajstić information content (AvgIpc) is 2.65. The molecule has 13 heavy (non-hydrogen) atoms. The normalized spacial score (nSPS) is 22.8. The molecule has 1 saturated heterocycles. The first kappa shape index (κ1) is 10.9. The van der Waals surface area contributed by atoms with E-state index < -0.39 is 0 Å². The molecule has 4 heteroatoms. The third-order valence-corrected chi connectivity index (χ3v) is 2.29. The molecule has 1 heterocycles. The van der Waals surface area contributed by atoms with Crippen LogP contribution in [0.4, 0.5) is 0 Å². The topological polar surface area (TPSA) is 39.7 Å². The van der Waals surface area contributed by atoms with Crippen molar-refractivity contribution in [2.75, 3.05) is 40.5 Å². The van der Waals surface area contributed by atoms with Crippen molar-refractivity contribution in [2.45, 2.75) is 12.7 Å². The van der Waals surface area contributed by atoms with Gasteiger partial charge in [0.2, 0.25) is 0 Å². The number of ether oxygens (including phenoxy) is 3. The Bertz CT molecular complexity index is 120. The van der Waals surface area contributed by atoms with Gasteiger partial charge in [0.05, 0.1) is 6.61 Å². The van der Waals surface area contributed by atoms with Crippen molar-refractivity contribution in [2.24, 2.45) is 5.92 Å². The Morgan fingerprint density at radius 3 is 2.77 bits per heavy atom. The van der Waals surface area contributed by atoms with E-state index in [0.29, 0.717) is 5.92 Å². The van der Waals surface area contributed by atoms with Crippen molar-refractivity contribution in [1.82, 2.24) is 5.32 Å². The molecule has 1 atom stereocenters. The minimum Gasteiger partial charge on any atom is -0.381 e. The van der Waals surface area contributed by atoms with Crippen molar-refractivity contribution in [3.05, 3.63) is 0 Å². The predicted molar refractivity (Wildman–Crippen MR) is 49.6 cm³/mol. The summed E-state index contributed by atoms with van der Waals surface area (Å²) in [4.78, 5) is 0. The molecule has 0 aromatic carbocycles. The van der Waals surface area contributed by atoms with Crippen molar-refractivity contribution in [1.29, 1.82) is 0 Å². The van der Waals surface area contributed by atoms with Crippen LogP contribution in [0.25, 0.3) is 0 Å². The number of methoxy groups -OCH3 is 2. The predicted octanol–water partition coefficient (Wildman–Crippen LogP) is 0.231. The van der Waals surface area contributed by atoms with Gasteiger partial charge in [0.25, 0.3) is 0 Å². The molecule has 1 aliphatic heterocycles. The fraction of sp³-hybridized carbons (Fsp3) is 1.00. The van der Waals surface area contributed by atoms with Gasteiger partial charge in [-0.3, -0.25) is 0 Å². The standard InChI is InChI=1S/C9H19NO3/c1-11-9(12-2)6-10-5-8-3-4-13-7-8/h8-10H,3-7H2,1-2H3. The smallest absolute Gasteiger partial charge is 0.169 e. The number of nitrogens with one attached hydrogen (secondary N) is 1. The molecule has 0 aromatic rings. The van der Waals surface area contributed by atoms with Gasteiger partial charge < -0.3 is 19.5 Å². The van der Waals surface area contributed by atoms with Crippen LogP contribution in [0, 0.1) is 5.92 Å². The van der Waals surface area contributed by atoms with Crippen LogP contribution in [-0.4, -0.2) is 46.8 Å². The molecule has 0 bridgehead atoms. The molecule has 1 fully saturated rings. The van der Waals surface area contributed by atoms with Crippen LogP contribution < -0.4 is 5.32 Å². The highest BCUT2D eigenvalue weighted by molar-refractivity contribution is 4.66. The average molecular weight is 189 g/mol. The molecular formula is C9H19NO3. The van der Waals surface area contributed by atoms with Crippen LogP contribution in [-0.2, 0) is 14.2 Å². The van der Waals surface area contributed by atoms with Crippen molar-refractivity contribution >= 4 is 0 Å². The molecule has 0 amide bonds. The largest absolute Gasteiger partial charge is 0.381 e. The van der Waals surface area contributed by atoms with E-state index >= 15 is 0 Å². The summed E-state index contributed by atoms with van der Waals surface area (Å²) in [6, 6.07) is 0. The van der Waals surface area contributed by atoms with Crippen LogP contribution in [0.2, 0.25) is 0 Å². The lowest BCUT2D eigenvalue weighted by Crippen LogP contribution is -2.33. The van der Waals surface area contributed by atoms with Gasteiger partial charge in [-0.2, -0.15) is 0 Å². The summed E-state index contributed by atoms with van der Waals surface area (Å²) < 4.78 is 15.4. The highest BCUT2D eigenvalue weighted by atomic mass is 16.7. The van der Waals surface area contributed by atoms with Gasteiger partial charge in [0, 0.05) is 33.9 Å². The fourth-order valence-electron chi connectivity index (χ4n) is 1.41. The van der Waals surface area contributed by atoms with Crippen LogP contribution in [0.15, 0.2) is 0 Å². The Morgan fingerprint density at radius 2 is 2.23 bits per heavy atom. The molecule has 1 N–H and O–H groups in total. The highest BCUT2D eigenvalue weighted by Gasteiger charge is 2.15. The van der Waals surface area contributed by atoms with E-state index in [0.717, 1.165) is 32.7 Å². The zero-order chi connectivity index (χ0) is 9.52. The van der Waals surface area contributed by atoms with Crippen molar-refractivity contribution < 1.29 is 14.2 Å². The van der Waals surface area contributed by atoms with Gasteiger partial charge >= 0.3 is 0 Å². The van der Waals surface area contributed by atoms with Crippen LogP contribution >= 0.6 is 0 Å². The van der Waals surface area contributed by atoms with Gasteiger partial charge in [-0.05, 0) is 12.3 Å². The Hall–Kier alpha value is -0.160. The summed E-state index contributed by atoms with van der Waals surface area (Å²) in [7, 11) is 3.29. The lowest BCUT2D eigenvalue weighted by atomic mass is 10.1. The monoisotopic (exact) mass is 189 g/mol. The number of rotatable bonds is 6. The van der Waals surface area contributed by atoms with E-state index in [9.17, 15) is 0 Å². The number of hydrogen-bond donors (Lipinski definition) is 1. The van der Waals surface area contributed by atoms with Crippen LogP contribution in [0.5, 0.6) is 0 Å². The summed E-state index contributed by atoms with van der Waals surface area (Å²) >= 11 is 0. The maximum Gasteiger partial charge on any atom is 0.169 e. The third kappa shape index (κ3) is 4.04. The molecule has 4 nitrogen and oxygen atoms in total. The maximum absolute atomic E-state index is 5.26. The van der Waals surface area contributed by atoms with Crippen molar-refractivity contribution in [3.8, 4) is 0 Å². The van der Waals surface area contributed by atoms with E-state index in [2.05, 4.69) is 5.32 Å². The first-order valence-corrected chi connectivity index (χ1v) is 4.71. The SMILES string of the molecule is COC(CNCC1CCOC1)OC. The Morgan fingerprint density at radius 1 is 1.46 bits per heavy atom. The van der Waals surface area contributed by atoms with E-state index in [4.69, 9.17) is 14.2 Å². The summed E-state index contributed by atoms with van der Waals surface area (Å²) in [5.74, 6) is 0.661. The lowest BCUT2D eigenvalue weighted by molar-refractivity contribution is -0.0989. The molecular weight excluding hydrogens is 170 g/mol. The Kier molecular flexibility index (Phi) is 5.31. The quantitative estimate of drug-likeness (QED) is 0.607. The fourth-order valence-corrected chi connectivity index (χ4v) is 1.41. The van der Waals surface area contributed by atoms with Gasteiger partial charge in [0.1, 0.15) is 0 Å². The van der Waals surface area contributed by atoms with Crippen molar-refractivity contribution in [3.63, 3.8) is 0 Å². The Balaban J connectivity index is 1.98. The molecule has 0 saturated carbocycles. The number of hydrogen-bond acceptors (Lipinski definition) is 4. The maximum atomic E-state index is 5.26. The zero-order valence-electron chi connectivity index (χ0n) is 8.41. The molecule has 1 aliphatic rings. The highest BCUT2D eigenvalue weighted by Crippen LogP contribution is 2.10. The second-order valence-corrected chi connectivity index (χ2v) is 3.29. The lowest BCUT2D eigenvalue weighted by Gasteiger charge is -2.15. The summed E-state index contributed by atoms with van der Waals surface area (Å²) in [6.07, 6.45) is 1.03. The minimum atomic E-state index is -0.137. The molecule has 0 aromatic heterocycles. The van der Waals surface area contributed by atoms with Gasteiger partial charge in [0.15, 0.2) is 6.29 Å². The van der Waals surface area contributed by atoms with Gasteiger partial charge in [-0.25, -0.2) is 0 Å². The van der Waals surface area contributed by atoms with E-state index in [1.54, 1.807) is 14.2 Å². The second kappa shape index (κ2) is 6.32.